The van der Waals surface area contributed by atoms with Crippen molar-refractivity contribution in [3.63, 3.8) is 0 Å². The maximum atomic E-state index is 12.1. The molecule has 0 fully saturated rings. The van der Waals surface area contributed by atoms with Crippen molar-refractivity contribution in [1.29, 1.82) is 0 Å². The average molecular weight is 341 g/mol. The van der Waals surface area contributed by atoms with Gasteiger partial charge in [-0.15, -0.1) is 11.3 Å². The van der Waals surface area contributed by atoms with E-state index in [9.17, 15) is 4.79 Å². The van der Waals surface area contributed by atoms with E-state index in [0.29, 0.717) is 13.1 Å². The number of nitrogens with one attached hydrogen (secondary N) is 1. The fourth-order valence-corrected chi connectivity index (χ4v) is 3.40. The molecule has 3 aromatic rings. The minimum atomic E-state index is 0.0000628. The Bertz CT molecular complexity index is 749. The molecule has 5 heteroatoms. The van der Waals surface area contributed by atoms with Crippen molar-refractivity contribution in [2.75, 3.05) is 6.54 Å². The Morgan fingerprint density at radius 2 is 2.04 bits per heavy atom. The van der Waals surface area contributed by atoms with Crippen molar-refractivity contribution >= 4 is 17.2 Å². The number of amides is 1. The summed E-state index contributed by atoms with van der Waals surface area (Å²) >= 11 is 1.72. The third kappa shape index (κ3) is 4.34. The molecule has 4 nitrogen and oxygen atoms in total. The summed E-state index contributed by atoms with van der Waals surface area (Å²) in [5.41, 5.74) is 2.45. The zero-order valence-corrected chi connectivity index (χ0v) is 14.4. The van der Waals surface area contributed by atoms with Crippen molar-refractivity contribution in [2.24, 2.45) is 0 Å². The third-order valence-corrected chi connectivity index (χ3v) is 4.82. The van der Waals surface area contributed by atoms with Crippen LogP contribution in [0.2, 0.25) is 0 Å². The summed E-state index contributed by atoms with van der Waals surface area (Å²) < 4.78 is 5.23. The van der Waals surface area contributed by atoms with Crippen molar-refractivity contribution in [2.45, 2.75) is 19.5 Å². The smallest absolute Gasteiger partial charge is 0.275 e. The van der Waals surface area contributed by atoms with Gasteiger partial charge in [-0.25, -0.2) is 0 Å². The fourth-order valence-electron chi connectivity index (χ4n) is 2.55. The maximum absolute atomic E-state index is 12.1. The van der Waals surface area contributed by atoms with Gasteiger partial charge in [-0.2, -0.15) is 0 Å². The van der Waals surface area contributed by atoms with Crippen molar-refractivity contribution in [3.8, 4) is 0 Å². The summed E-state index contributed by atoms with van der Waals surface area (Å²) in [4.78, 5) is 13.4. The first-order valence-corrected chi connectivity index (χ1v) is 8.83. The lowest BCUT2D eigenvalue weighted by Crippen LogP contribution is -2.87. The summed E-state index contributed by atoms with van der Waals surface area (Å²) in [6, 6.07) is 16.5. The van der Waals surface area contributed by atoms with Gasteiger partial charge in [0.2, 0.25) is 0 Å². The molecule has 2 aromatic heterocycles. The first kappa shape index (κ1) is 16.5. The van der Waals surface area contributed by atoms with Crippen molar-refractivity contribution in [1.82, 2.24) is 5.32 Å². The van der Waals surface area contributed by atoms with Gasteiger partial charge in [0.15, 0.2) is 6.54 Å². The third-order valence-electron chi connectivity index (χ3n) is 3.87. The summed E-state index contributed by atoms with van der Waals surface area (Å²) in [5, 5.41) is 7.03. The number of rotatable bonds is 7. The summed E-state index contributed by atoms with van der Waals surface area (Å²) in [7, 11) is 0. The van der Waals surface area contributed by atoms with Crippen LogP contribution in [0.25, 0.3) is 0 Å². The first-order chi connectivity index (χ1) is 11.7. The van der Waals surface area contributed by atoms with Crippen LogP contribution in [0.15, 0.2) is 64.6 Å². The Kier molecular flexibility index (Phi) is 5.46. The molecule has 1 aromatic carbocycles. The molecular formula is C19H21N2O2S+. The fraction of sp³-hybridized carbons (Fsp3) is 0.211. The van der Waals surface area contributed by atoms with Gasteiger partial charge < -0.3 is 15.1 Å². The lowest BCUT2D eigenvalue weighted by atomic mass is 10.0. The standard InChI is InChI=1S/C19H20N2O2S/c1-14-6-8-15(9-7-14)19(17-5-3-11-24-17)21-13-18(22)20-12-16-4-2-10-23-16/h2-11,19,21H,12-13H2,1H3,(H,20,22)/p+1/t19-/m0/s1. The highest BCUT2D eigenvalue weighted by atomic mass is 32.1. The van der Waals surface area contributed by atoms with Crippen LogP contribution in [0.5, 0.6) is 0 Å². The van der Waals surface area contributed by atoms with Crippen molar-refractivity contribution < 1.29 is 14.5 Å². The molecule has 0 saturated carbocycles. The lowest BCUT2D eigenvalue weighted by Gasteiger charge is -2.15. The van der Waals surface area contributed by atoms with Crippen LogP contribution < -0.4 is 10.6 Å². The molecular weight excluding hydrogens is 320 g/mol. The van der Waals surface area contributed by atoms with E-state index < -0.39 is 0 Å². The number of aryl methyl sites for hydroxylation is 1. The van der Waals surface area contributed by atoms with E-state index in [-0.39, 0.29) is 11.9 Å². The molecule has 2 heterocycles. The molecule has 0 spiro atoms. The zero-order valence-electron chi connectivity index (χ0n) is 13.6. The van der Waals surface area contributed by atoms with E-state index in [1.807, 2.05) is 18.2 Å². The van der Waals surface area contributed by atoms with Gasteiger partial charge in [-0.3, -0.25) is 4.79 Å². The Hall–Kier alpha value is -2.37. The molecule has 0 saturated heterocycles. The minimum Gasteiger partial charge on any atom is -0.467 e. The van der Waals surface area contributed by atoms with Crippen LogP contribution >= 0.6 is 11.3 Å². The second-order valence-corrected chi connectivity index (χ2v) is 6.68. The number of hydrogen-bond donors (Lipinski definition) is 2. The summed E-state index contributed by atoms with van der Waals surface area (Å²) in [6.45, 7) is 2.88. The molecule has 0 aliphatic heterocycles. The van der Waals surface area contributed by atoms with Gasteiger partial charge in [0.25, 0.3) is 5.91 Å². The van der Waals surface area contributed by atoms with Crippen LogP contribution in [0.3, 0.4) is 0 Å². The maximum Gasteiger partial charge on any atom is 0.275 e. The van der Waals surface area contributed by atoms with E-state index in [1.165, 1.54) is 16.0 Å². The molecule has 1 amide bonds. The number of benzene rings is 1. The van der Waals surface area contributed by atoms with Gasteiger partial charge in [0.05, 0.1) is 17.7 Å². The van der Waals surface area contributed by atoms with E-state index in [4.69, 9.17) is 4.42 Å². The quantitative estimate of drug-likeness (QED) is 0.694. The SMILES string of the molecule is Cc1ccc([C@H]([NH2+]CC(=O)NCc2ccco2)c2cccs2)cc1. The van der Waals surface area contributed by atoms with Crippen LogP contribution in [0, 0.1) is 6.92 Å². The number of quaternary nitrogens is 1. The Labute approximate surface area is 145 Å². The monoisotopic (exact) mass is 341 g/mol. The lowest BCUT2D eigenvalue weighted by molar-refractivity contribution is -0.676. The topological polar surface area (TPSA) is 58.9 Å². The van der Waals surface area contributed by atoms with Gasteiger partial charge in [-0.05, 0) is 30.5 Å². The molecule has 1 atom stereocenters. The Balaban J connectivity index is 1.62. The predicted octanol–water partition coefficient (Wildman–Crippen LogP) is 2.62. The van der Waals surface area contributed by atoms with Gasteiger partial charge in [0.1, 0.15) is 11.8 Å². The van der Waals surface area contributed by atoms with E-state index in [0.717, 1.165) is 5.76 Å². The van der Waals surface area contributed by atoms with Crippen LogP contribution in [0.4, 0.5) is 0 Å². The Morgan fingerprint density at radius 1 is 1.21 bits per heavy atom. The minimum absolute atomic E-state index is 0.0000628. The number of thiophene rings is 1. The number of carbonyl (C=O) groups excluding carboxylic acids is 1. The van der Waals surface area contributed by atoms with Crippen LogP contribution in [-0.4, -0.2) is 12.5 Å². The van der Waals surface area contributed by atoms with Crippen molar-refractivity contribution in [3.05, 3.63) is 81.9 Å². The molecule has 3 rings (SSSR count). The van der Waals surface area contributed by atoms with Crippen LogP contribution in [0.1, 0.15) is 27.8 Å². The van der Waals surface area contributed by atoms with Gasteiger partial charge in [-0.1, -0.05) is 35.9 Å². The molecule has 0 bridgehead atoms. The highest BCUT2D eigenvalue weighted by Gasteiger charge is 2.19. The normalized spacial score (nSPS) is 12.0. The van der Waals surface area contributed by atoms with E-state index in [1.54, 1.807) is 17.6 Å². The second kappa shape index (κ2) is 7.95. The zero-order chi connectivity index (χ0) is 16.8. The van der Waals surface area contributed by atoms with Gasteiger partial charge in [0, 0.05) is 5.56 Å². The molecule has 3 N–H and O–H groups in total. The summed E-state index contributed by atoms with van der Waals surface area (Å²) in [5.74, 6) is 0.761. The molecule has 0 unspecified atom stereocenters. The molecule has 24 heavy (non-hydrogen) atoms. The molecule has 0 aliphatic carbocycles. The summed E-state index contributed by atoms with van der Waals surface area (Å²) in [6.07, 6.45) is 1.61. The number of nitrogens with two attached hydrogens (primary N) is 1. The average Bonchev–Trinajstić information content (AvgIpc) is 3.28. The van der Waals surface area contributed by atoms with Gasteiger partial charge >= 0.3 is 0 Å². The second-order valence-electron chi connectivity index (χ2n) is 5.70. The van der Waals surface area contributed by atoms with Crippen LogP contribution in [-0.2, 0) is 11.3 Å². The number of hydrogen-bond acceptors (Lipinski definition) is 3. The molecule has 0 radical (unpaired) electrons. The van der Waals surface area contributed by atoms with E-state index in [2.05, 4.69) is 53.3 Å². The number of furan rings is 1. The molecule has 0 aliphatic rings. The largest absolute Gasteiger partial charge is 0.467 e. The highest BCUT2D eigenvalue weighted by Crippen LogP contribution is 2.22. The highest BCUT2D eigenvalue weighted by molar-refractivity contribution is 7.10. The number of carbonyl (C=O) groups is 1. The predicted molar refractivity (Wildman–Crippen MR) is 94.7 cm³/mol. The van der Waals surface area contributed by atoms with E-state index >= 15 is 0 Å². The Morgan fingerprint density at radius 3 is 2.71 bits per heavy atom. The molecule has 124 valence electrons. The first-order valence-electron chi connectivity index (χ1n) is 7.95.